The van der Waals surface area contributed by atoms with Gasteiger partial charge in [0.2, 0.25) is 0 Å². The predicted molar refractivity (Wildman–Crippen MR) is 274 cm³/mol. The number of carbonyl (C=O) groups excluding carboxylic acids is 3. The van der Waals surface area contributed by atoms with Crippen LogP contribution < -0.4 is 0 Å². The molecule has 0 aliphatic rings. The maximum Gasteiger partial charge on any atom is 0.306 e. The number of esters is 3. The van der Waals surface area contributed by atoms with Gasteiger partial charge in [-0.2, -0.15) is 0 Å². The minimum Gasteiger partial charge on any atom is -0.462 e. The first-order valence-electron chi connectivity index (χ1n) is 27.0. The zero-order chi connectivity index (χ0) is 46.5. The molecule has 0 aromatic heterocycles. The maximum atomic E-state index is 12.8. The van der Waals surface area contributed by atoms with Crippen molar-refractivity contribution >= 4 is 17.9 Å². The fourth-order valence-corrected chi connectivity index (χ4v) is 7.50. The van der Waals surface area contributed by atoms with E-state index in [0.717, 1.165) is 103 Å². The molecule has 0 aliphatic carbocycles. The Morgan fingerprint density at radius 2 is 0.609 bits per heavy atom. The smallest absolute Gasteiger partial charge is 0.306 e. The van der Waals surface area contributed by atoms with Crippen molar-refractivity contribution in [3.63, 3.8) is 0 Å². The molecule has 0 amide bonds. The van der Waals surface area contributed by atoms with Crippen molar-refractivity contribution in [2.24, 2.45) is 0 Å². The Hall–Kier alpha value is -3.15. The lowest BCUT2D eigenvalue weighted by Crippen LogP contribution is -2.30. The molecule has 1 atom stereocenters. The average molecular weight is 893 g/mol. The molecule has 368 valence electrons. The van der Waals surface area contributed by atoms with E-state index in [1.54, 1.807) is 0 Å². The Bertz CT molecular complexity index is 1210. The first-order chi connectivity index (χ1) is 31.5. The van der Waals surface area contributed by atoms with Gasteiger partial charge in [0.1, 0.15) is 13.2 Å². The van der Waals surface area contributed by atoms with Gasteiger partial charge in [-0.1, -0.05) is 248 Å². The molecular formula is C58H100O6. The summed E-state index contributed by atoms with van der Waals surface area (Å²) in [6.07, 6.45) is 66.0. The summed E-state index contributed by atoms with van der Waals surface area (Å²) in [7, 11) is 0. The molecule has 0 saturated heterocycles. The molecule has 0 aliphatic heterocycles. The van der Waals surface area contributed by atoms with Crippen LogP contribution >= 0.6 is 0 Å². The molecule has 0 rings (SSSR count). The lowest BCUT2D eigenvalue weighted by molar-refractivity contribution is -0.167. The Morgan fingerprint density at radius 1 is 0.328 bits per heavy atom. The summed E-state index contributed by atoms with van der Waals surface area (Å²) >= 11 is 0. The van der Waals surface area contributed by atoms with Crippen molar-refractivity contribution < 1.29 is 28.6 Å². The first kappa shape index (κ1) is 60.9. The van der Waals surface area contributed by atoms with Crippen LogP contribution in [0.4, 0.5) is 0 Å². The van der Waals surface area contributed by atoms with Crippen LogP contribution in [0.1, 0.15) is 258 Å². The summed E-state index contributed by atoms with van der Waals surface area (Å²) in [6.45, 7) is 6.47. The standard InChI is InChI=1S/C58H100O6/c1-4-7-10-13-16-19-22-25-27-28-29-31-33-36-39-42-45-48-51-57(60)63-54-55(53-62-56(59)50-47-44-41-38-35-32-24-21-18-15-12-9-6-3)64-58(61)52-49-46-43-40-37-34-30-26-23-20-17-14-11-8-5-2/h9,12,15,18,21-22,24-25,27-29,31,55H,4-8,10-11,13-14,16-17,19-20,23,26,30,32-54H2,1-3H3/b12-9-,18-15-,24-21-,25-22-,28-27-,31-29-. The zero-order valence-electron chi connectivity index (χ0n) is 42.0. The van der Waals surface area contributed by atoms with Gasteiger partial charge in [-0.25, -0.2) is 0 Å². The van der Waals surface area contributed by atoms with Crippen molar-refractivity contribution in [1.82, 2.24) is 0 Å². The Morgan fingerprint density at radius 3 is 0.938 bits per heavy atom. The summed E-state index contributed by atoms with van der Waals surface area (Å²) in [5.74, 6) is -0.923. The van der Waals surface area contributed by atoms with E-state index in [1.807, 2.05) is 0 Å². The molecule has 0 radical (unpaired) electrons. The van der Waals surface area contributed by atoms with Crippen LogP contribution in [0, 0.1) is 0 Å². The Labute approximate surface area is 395 Å². The molecule has 0 spiro atoms. The molecule has 0 aromatic carbocycles. The third-order valence-electron chi connectivity index (χ3n) is 11.6. The van der Waals surface area contributed by atoms with Gasteiger partial charge in [-0.05, 0) is 64.2 Å². The van der Waals surface area contributed by atoms with E-state index in [4.69, 9.17) is 14.2 Å². The summed E-state index contributed by atoms with van der Waals surface area (Å²) in [5, 5.41) is 0. The van der Waals surface area contributed by atoms with Gasteiger partial charge < -0.3 is 14.2 Å². The minimum absolute atomic E-state index is 0.0913. The number of rotatable bonds is 48. The van der Waals surface area contributed by atoms with Gasteiger partial charge in [-0.15, -0.1) is 0 Å². The molecule has 0 bridgehead atoms. The Balaban J connectivity index is 4.43. The van der Waals surface area contributed by atoms with E-state index in [-0.39, 0.29) is 31.1 Å². The highest BCUT2D eigenvalue weighted by Gasteiger charge is 2.19. The summed E-state index contributed by atoms with van der Waals surface area (Å²) in [4.78, 5) is 38.0. The SMILES string of the molecule is CC\C=C/C=C\C=C/CCCCCCCC(=O)OCC(COC(=O)CCCCCCC\C=C/C=C\C=C/CCCCCCC)OC(=O)CCCCCCCCCCCCCCCCC. The van der Waals surface area contributed by atoms with Crippen LogP contribution in [-0.4, -0.2) is 37.2 Å². The molecule has 1 unspecified atom stereocenters. The van der Waals surface area contributed by atoms with Gasteiger partial charge in [0.25, 0.3) is 0 Å². The summed E-state index contributed by atoms with van der Waals surface area (Å²) in [5.41, 5.74) is 0. The predicted octanol–water partition coefficient (Wildman–Crippen LogP) is 17.8. The number of ether oxygens (including phenoxy) is 3. The van der Waals surface area contributed by atoms with Crippen LogP contribution in [0.2, 0.25) is 0 Å². The number of hydrogen-bond donors (Lipinski definition) is 0. The second-order valence-electron chi connectivity index (χ2n) is 17.9. The molecule has 0 heterocycles. The van der Waals surface area contributed by atoms with E-state index in [0.29, 0.717) is 19.3 Å². The third-order valence-corrected chi connectivity index (χ3v) is 11.6. The van der Waals surface area contributed by atoms with Crippen LogP contribution in [0.3, 0.4) is 0 Å². The van der Waals surface area contributed by atoms with Gasteiger partial charge in [0, 0.05) is 19.3 Å². The van der Waals surface area contributed by atoms with Crippen molar-refractivity contribution in [3.8, 4) is 0 Å². The van der Waals surface area contributed by atoms with Crippen molar-refractivity contribution in [1.29, 1.82) is 0 Å². The molecule has 6 heteroatoms. The van der Waals surface area contributed by atoms with Crippen LogP contribution in [-0.2, 0) is 28.6 Å². The Kier molecular flexibility index (Phi) is 49.9. The van der Waals surface area contributed by atoms with E-state index in [1.165, 1.54) is 116 Å². The molecule has 0 fully saturated rings. The maximum absolute atomic E-state index is 12.8. The van der Waals surface area contributed by atoms with Gasteiger partial charge >= 0.3 is 17.9 Å². The average Bonchev–Trinajstić information content (AvgIpc) is 3.29. The van der Waals surface area contributed by atoms with Crippen molar-refractivity contribution in [2.45, 2.75) is 264 Å². The largest absolute Gasteiger partial charge is 0.462 e. The highest BCUT2D eigenvalue weighted by atomic mass is 16.6. The molecule has 6 nitrogen and oxygen atoms in total. The van der Waals surface area contributed by atoms with Crippen molar-refractivity contribution in [3.05, 3.63) is 72.9 Å². The second kappa shape index (κ2) is 52.5. The van der Waals surface area contributed by atoms with Gasteiger partial charge in [0.05, 0.1) is 0 Å². The second-order valence-corrected chi connectivity index (χ2v) is 17.9. The first-order valence-corrected chi connectivity index (χ1v) is 27.0. The number of unbranched alkanes of at least 4 members (excludes halogenated alkanes) is 29. The topological polar surface area (TPSA) is 78.9 Å². The number of carbonyl (C=O) groups is 3. The van der Waals surface area contributed by atoms with E-state index in [9.17, 15) is 14.4 Å². The monoisotopic (exact) mass is 893 g/mol. The summed E-state index contributed by atoms with van der Waals surface area (Å²) < 4.78 is 16.8. The van der Waals surface area contributed by atoms with Gasteiger partial charge in [0.15, 0.2) is 6.10 Å². The highest BCUT2D eigenvalue weighted by Crippen LogP contribution is 2.15. The summed E-state index contributed by atoms with van der Waals surface area (Å²) in [6, 6.07) is 0. The van der Waals surface area contributed by atoms with E-state index in [2.05, 4.69) is 93.7 Å². The van der Waals surface area contributed by atoms with Gasteiger partial charge in [-0.3, -0.25) is 14.4 Å². The fraction of sp³-hybridized carbons (Fsp3) is 0.741. The zero-order valence-corrected chi connectivity index (χ0v) is 42.0. The normalized spacial score (nSPS) is 12.6. The minimum atomic E-state index is -0.790. The lowest BCUT2D eigenvalue weighted by atomic mass is 10.0. The highest BCUT2D eigenvalue weighted by molar-refractivity contribution is 5.71. The fourth-order valence-electron chi connectivity index (χ4n) is 7.50. The quantitative estimate of drug-likeness (QED) is 0.0262. The van der Waals surface area contributed by atoms with Crippen molar-refractivity contribution in [2.75, 3.05) is 13.2 Å². The number of hydrogen-bond acceptors (Lipinski definition) is 6. The molecule has 0 N–H and O–H groups in total. The van der Waals surface area contributed by atoms with Crippen LogP contribution in [0.5, 0.6) is 0 Å². The van der Waals surface area contributed by atoms with Crippen LogP contribution in [0.25, 0.3) is 0 Å². The molecule has 0 aromatic rings. The molecule has 0 saturated carbocycles. The van der Waals surface area contributed by atoms with E-state index >= 15 is 0 Å². The third kappa shape index (κ3) is 49.9. The molecule has 64 heavy (non-hydrogen) atoms. The lowest BCUT2D eigenvalue weighted by Gasteiger charge is -2.18. The van der Waals surface area contributed by atoms with Crippen LogP contribution in [0.15, 0.2) is 72.9 Å². The molecular weight excluding hydrogens is 793 g/mol. The van der Waals surface area contributed by atoms with E-state index < -0.39 is 6.10 Å². The number of allylic oxidation sites excluding steroid dienone is 12.